The Hall–Kier alpha value is -1.94. The van der Waals surface area contributed by atoms with Crippen molar-refractivity contribution in [2.75, 3.05) is 12.8 Å². The van der Waals surface area contributed by atoms with Crippen LogP contribution in [0.2, 0.25) is 5.02 Å². The standard InChI is InChI=1S/C13H11ClFNO2/c1-17-13-7-12(10(15)6-11(13)16)18-9-4-2-3-8(14)5-9/h2-7H,16H2,1H3. The molecule has 0 aliphatic heterocycles. The summed E-state index contributed by atoms with van der Waals surface area (Å²) in [4.78, 5) is 0. The summed E-state index contributed by atoms with van der Waals surface area (Å²) in [6, 6.07) is 9.22. The van der Waals surface area contributed by atoms with E-state index >= 15 is 0 Å². The largest absolute Gasteiger partial charge is 0.494 e. The van der Waals surface area contributed by atoms with Crippen molar-refractivity contribution < 1.29 is 13.9 Å². The predicted molar refractivity (Wildman–Crippen MR) is 68.9 cm³/mol. The van der Waals surface area contributed by atoms with Crippen molar-refractivity contribution in [1.82, 2.24) is 0 Å². The Morgan fingerprint density at radius 2 is 1.94 bits per heavy atom. The topological polar surface area (TPSA) is 44.5 Å². The third kappa shape index (κ3) is 2.65. The van der Waals surface area contributed by atoms with Crippen LogP contribution in [0.5, 0.6) is 17.2 Å². The van der Waals surface area contributed by atoms with Crippen LogP contribution in [0.3, 0.4) is 0 Å². The lowest BCUT2D eigenvalue weighted by Crippen LogP contribution is -1.96. The van der Waals surface area contributed by atoms with Crippen molar-refractivity contribution in [3.05, 3.63) is 47.2 Å². The Labute approximate surface area is 109 Å². The first-order valence-corrected chi connectivity index (χ1v) is 5.54. The summed E-state index contributed by atoms with van der Waals surface area (Å²) in [6.07, 6.45) is 0. The van der Waals surface area contributed by atoms with E-state index in [1.54, 1.807) is 24.3 Å². The lowest BCUT2D eigenvalue weighted by Gasteiger charge is -2.10. The van der Waals surface area contributed by atoms with Crippen LogP contribution in [0.1, 0.15) is 0 Å². The average molecular weight is 268 g/mol. The van der Waals surface area contributed by atoms with Gasteiger partial charge in [0.05, 0.1) is 12.8 Å². The van der Waals surface area contributed by atoms with Crippen molar-refractivity contribution in [2.45, 2.75) is 0 Å². The van der Waals surface area contributed by atoms with Gasteiger partial charge in [-0.25, -0.2) is 4.39 Å². The second-order valence-corrected chi connectivity index (χ2v) is 4.02. The molecular weight excluding hydrogens is 257 g/mol. The summed E-state index contributed by atoms with van der Waals surface area (Å²) in [6.45, 7) is 0. The minimum absolute atomic E-state index is 0.0308. The van der Waals surface area contributed by atoms with Gasteiger partial charge in [0.15, 0.2) is 11.6 Å². The van der Waals surface area contributed by atoms with E-state index in [9.17, 15) is 4.39 Å². The first-order valence-electron chi connectivity index (χ1n) is 5.16. The molecule has 2 aromatic rings. The predicted octanol–water partition coefficient (Wildman–Crippen LogP) is 3.86. The summed E-state index contributed by atoms with van der Waals surface area (Å²) in [5.41, 5.74) is 5.79. The Morgan fingerprint density at radius 1 is 1.17 bits per heavy atom. The number of nitrogens with two attached hydrogens (primary N) is 1. The van der Waals surface area contributed by atoms with E-state index in [0.29, 0.717) is 16.5 Å². The molecule has 0 aliphatic rings. The SMILES string of the molecule is COc1cc(Oc2cccc(Cl)c2)c(F)cc1N. The van der Waals surface area contributed by atoms with Gasteiger partial charge in [0.2, 0.25) is 0 Å². The van der Waals surface area contributed by atoms with Gasteiger partial charge >= 0.3 is 0 Å². The maximum atomic E-state index is 13.7. The van der Waals surface area contributed by atoms with Crippen LogP contribution in [-0.4, -0.2) is 7.11 Å². The molecule has 0 saturated carbocycles. The molecule has 5 heteroatoms. The Kier molecular flexibility index (Phi) is 3.58. The minimum atomic E-state index is -0.562. The summed E-state index contributed by atoms with van der Waals surface area (Å²) >= 11 is 5.82. The highest BCUT2D eigenvalue weighted by Crippen LogP contribution is 2.33. The highest BCUT2D eigenvalue weighted by Gasteiger charge is 2.10. The number of hydrogen-bond acceptors (Lipinski definition) is 3. The van der Waals surface area contributed by atoms with E-state index in [4.69, 9.17) is 26.8 Å². The monoisotopic (exact) mass is 267 g/mol. The number of ether oxygens (including phenoxy) is 2. The molecule has 2 N–H and O–H groups in total. The molecule has 0 aromatic heterocycles. The zero-order valence-corrected chi connectivity index (χ0v) is 10.4. The fourth-order valence-electron chi connectivity index (χ4n) is 1.46. The lowest BCUT2D eigenvalue weighted by molar-refractivity contribution is 0.403. The number of halogens is 2. The van der Waals surface area contributed by atoms with Crippen molar-refractivity contribution in [3.8, 4) is 17.2 Å². The van der Waals surface area contributed by atoms with Gasteiger partial charge in [0.1, 0.15) is 11.5 Å². The summed E-state index contributed by atoms with van der Waals surface area (Å²) in [5, 5.41) is 0.510. The van der Waals surface area contributed by atoms with Gasteiger partial charge < -0.3 is 15.2 Å². The smallest absolute Gasteiger partial charge is 0.168 e. The molecule has 2 aromatic carbocycles. The second kappa shape index (κ2) is 5.14. The minimum Gasteiger partial charge on any atom is -0.494 e. The van der Waals surface area contributed by atoms with Gasteiger partial charge in [-0.2, -0.15) is 0 Å². The van der Waals surface area contributed by atoms with Gasteiger partial charge in [-0.3, -0.25) is 0 Å². The molecule has 0 amide bonds. The lowest BCUT2D eigenvalue weighted by atomic mass is 10.2. The quantitative estimate of drug-likeness (QED) is 0.859. The molecule has 0 fully saturated rings. The third-order valence-electron chi connectivity index (χ3n) is 2.31. The average Bonchev–Trinajstić information content (AvgIpc) is 2.33. The van der Waals surface area contributed by atoms with Gasteiger partial charge in [0.25, 0.3) is 0 Å². The van der Waals surface area contributed by atoms with E-state index in [-0.39, 0.29) is 11.4 Å². The Bertz CT molecular complexity index is 575. The fraction of sp³-hybridized carbons (Fsp3) is 0.0769. The molecule has 0 unspecified atom stereocenters. The number of anilines is 1. The van der Waals surface area contributed by atoms with Crippen LogP contribution in [0.15, 0.2) is 36.4 Å². The molecule has 94 valence electrons. The van der Waals surface area contributed by atoms with Crippen LogP contribution in [0.4, 0.5) is 10.1 Å². The maximum absolute atomic E-state index is 13.7. The fourth-order valence-corrected chi connectivity index (χ4v) is 1.64. The number of rotatable bonds is 3. The molecular formula is C13H11ClFNO2. The summed E-state index contributed by atoms with van der Waals surface area (Å²) in [7, 11) is 1.45. The van der Waals surface area contributed by atoms with E-state index in [1.165, 1.54) is 13.2 Å². The van der Waals surface area contributed by atoms with Gasteiger partial charge in [0, 0.05) is 17.2 Å². The van der Waals surface area contributed by atoms with E-state index in [1.807, 2.05) is 0 Å². The molecule has 0 heterocycles. The van der Waals surface area contributed by atoms with Crippen LogP contribution in [-0.2, 0) is 0 Å². The Morgan fingerprint density at radius 3 is 2.61 bits per heavy atom. The van der Waals surface area contributed by atoms with E-state index in [2.05, 4.69) is 0 Å². The van der Waals surface area contributed by atoms with Crippen molar-refractivity contribution >= 4 is 17.3 Å². The van der Waals surface area contributed by atoms with Gasteiger partial charge in [-0.1, -0.05) is 17.7 Å². The van der Waals surface area contributed by atoms with Crippen molar-refractivity contribution in [1.29, 1.82) is 0 Å². The van der Waals surface area contributed by atoms with Crippen molar-refractivity contribution in [3.63, 3.8) is 0 Å². The molecule has 0 saturated heterocycles. The number of methoxy groups -OCH3 is 1. The second-order valence-electron chi connectivity index (χ2n) is 3.58. The summed E-state index contributed by atoms with van der Waals surface area (Å²) in [5.74, 6) is 0.262. The zero-order valence-electron chi connectivity index (χ0n) is 9.61. The molecule has 18 heavy (non-hydrogen) atoms. The van der Waals surface area contributed by atoms with Crippen LogP contribution in [0, 0.1) is 5.82 Å². The Balaban J connectivity index is 2.34. The van der Waals surface area contributed by atoms with E-state index in [0.717, 1.165) is 6.07 Å². The molecule has 3 nitrogen and oxygen atoms in total. The van der Waals surface area contributed by atoms with Crippen LogP contribution in [0.25, 0.3) is 0 Å². The van der Waals surface area contributed by atoms with Crippen molar-refractivity contribution in [2.24, 2.45) is 0 Å². The molecule has 0 aliphatic carbocycles. The number of hydrogen-bond donors (Lipinski definition) is 1. The summed E-state index contributed by atoms with van der Waals surface area (Å²) < 4.78 is 24.1. The molecule has 0 atom stereocenters. The number of benzene rings is 2. The first kappa shape index (κ1) is 12.5. The highest BCUT2D eigenvalue weighted by atomic mass is 35.5. The highest BCUT2D eigenvalue weighted by molar-refractivity contribution is 6.30. The molecule has 0 spiro atoms. The van der Waals surface area contributed by atoms with E-state index < -0.39 is 5.82 Å². The molecule has 0 bridgehead atoms. The maximum Gasteiger partial charge on any atom is 0.168 e. The third-order valence-corrected chi connectivity index (χ3v) is 2.54. The number of nitrogen functional groups attached to an aromatic ring is 1. The van der Waals surface area contributed by atoms with Gasteiger partial charge in [-0.05, 0) is 18.2 Å². The normalized spacial score (nSPS) is 10.2. The molecule has 0 radical (unpaired) electrons. The van der Waals surface area contributed by atoms with Crippen LogP contribution >= 0.6 is 11.6 Å². The molecule has 2 rings (SSSR count). The van der Waals surface area contributed by atoms with Gasteiger partial charge in [-0.15, -0.1) is 0 Å². The zero-order chi connectivity index (χ0) is 13.1. The van der Waals surface area contributed by atoms with Crippen LogP contribution < -0.4 is 15.2 Å². The first-order chi connectivity index (χ1) is 8.60.